The molecule has 1 aliphatic heterocycles. The number of carboxylic acid groups (broad SMARTS) is 1. The third kappa shape index (κ3) is 3.26. The van der Waals surface area contributed by atoms with Gasteiger partial charge >= 0.3 is 5.97 Å². The van der Waals surface area contributed by atoms with Gasteiger partial charge in [0.1, 0.15) is 5.82 Å². The third-order valence-corrected chi connectivity index (χ3v) is 4.57. The number of nitrogens with zero attached hydrogens (tertiary/aromatic N) is 4. The molecule has 7 nitrogen and oxygen atoms in total. The minimum Gasteiger partial charge on any atom is -0.481 e. The zero-order valence-corrected chi connectivity index (χ0v) is 14.6. The minimum absolute atomic E-state index is 0.113. The lowest BCUT2D eigenvalue weighted by molar-refractivity contribution is -0.141. The van der Waals surface area contributed by atoms with Crippen LogP contribution >= 0.6 is 0 Å². The fourth-order valence-corrected chi connectivity index (χ4v) is 3.17. The van der Waals surface area contributed by atoms with Gasteiger partial charge in [-0.1, -0.05) is 32.0 Å². The highest BCUT2D eigenvalue weighted by Crippen LogP contribution is 2.24. The van der Waals surface area contributed by atoms with Crippen LogP contribution in [-0.4, -0.2) is 49.7 Å². The number of aromatic nitrogens is 3. The zero-order chi connectivity index (χ0) is 18.1. The van der Waals surface area contributed by atoms with Crippen LogP contribution < -0.4 is 0 Å². The summed E-state index contributed by atoms with van der Waals surface area (Å²) in [6.45, 7) is 6.65. The quantitative estimate of drug-likeness (QED) is 0.920. The molecule has 1 N–H and O–H groups in total. The van der Waals surface area contributed by atoms with E-state index in [4.69, 9.17) is 5.11 Å². The number of aryl methyl sites for hydroxylation is 1. The van der Waals surface area contributed by atoms with Gasteiger partial charge in [-0.25, -0.2) is 9.67 Å². The van der Waals surface area contributed by atoms with Gasteiger partial charge in [-0.05, 0) is 30.9 Å². The van der Waals surface area contributed by atoms with Crippen molar-refractivity contribution in [2.24, 2.45) is 5.92 Å². The Morgan fingerprint density at radius 1 is 1.28 bits per heavy atom. The monoisotopic (exact) mass is 342 g/mol. The number of aliphatic carboxylic acids is 1. The van der Waals surface area contributed by atoms with Crippen LogP contribution in [-0.2, 0) is 4.79 Å². The lowest BCUT2D eigenvalue weighted by Gasteiger charge is -2.14. The first-order valence-electron chi connectivity index (χ1n) is 8.43. The molecule has 3 rings (SSSR count). The first-order chi connectivity index (χ1) is 11.9. The summed E-state index contributed by atoms with van der Waals surface area (Å²) >= 11 is 0. The highest BCUT2D eigenvalue weighted by molar-refractivity contribution is 5.91. The van der Waals surface area contributed by atoms with Gasteiger partial charge in [-0.3, -0.25) is 9.59 Å². The molecular formula is C18H22N4O3. The van der Waals surface area contributed by atoms with Crippen LogP contribution in [0.5, 0.6) is 0 Å². The van der Waals surface area contributed by atoms with Crippen molar-refractivity contribution in [3.05, 3.63) is 41.5 Å². The van der Waals surface area contributed by atoms with Crippen molar-refractivity contribution in [3.63, 3.8) is 0 Å². The molecule has 1 unspecified atom stereocenters. The van der Waals surface area contributed by atoms with Crippen LogP contribution in [0.2, 0.25) is 0 Å². The summed E-state index contributed by atoms with van der Waals surface area (Å²) in [6.07, 6.45) is 0.469. The Morgan fingerprint density at radius 2 is 2.00 bits per heavy atom. The maximum atomic E-state index is 12.6. The van der Waals surface area contributed by atoms with E-state index in [0.717, 1.165) is 11.3 Å². The molecule has 7 heteroatoms. The lowest BCUT2D eigenvalue weighted by Crippen LogP contribution is -2.30. The Bertz CT molecular complexity index is 812. The number of para-hydroxylation sites is 1. The van der Waals surface area contributed by atoms with Gasteiger partial charge in [0.2, 0.25) is 5.82 Å². The number of carboxylic acids is 1. The van der Waals surface area contributed by atoms with Gasteiger partial charge in [0, 0.05) is 13.1 Å². The molecule has 0 spiro atoms. The highest BCUT2D eigenvalue weighted by atomic mass is 16.4. The maximum Gasteiger partial charge on any atom is 0.308 e. The van der Waals surface area contributed by atoms with Crippen molar-refractivity contribution in [3.8, 4) is 5.69 Å². The molecule has 2 heterocycles. The molecule has 0 radical (unpaired) electrons. The average molecular weight is 342 g/mol. The second-order valence-corrected chi connectivity index (χ2v) is 6.68. The second kappa shape index (κ2) is 6.66. The van der Waals surface area contributed by atoms with Crippen molar-refractivity contribution in [2.45, 2.75) is 33.1 Å². The summed E-state index contributed by atoms with van der Waals surface area (Å²) < 4.78 is 1.69. The zero-order valence-electron chi connectivity index (χ0n) is 14.6. The van der Waals surface area contributed by atoms with Gasteiger partial charge in [-0.15, -0.1) is 5.10 Å². The molecule has 1 aromatic carbocycles. The van der Waals surface area contributed by atoms with Gasteiger partial charge in [0.15, 0.2) is 0 Å². The number of benzene rings is 1. The van der Waals surface area contributed by atoms with E-state index in [2.05, 4.69) is 23.9 Å². The highest BCUT2D eigenvalue weighted by Gasteiger charge is 2.33. The average Bonchev–Trinajstić information content (AvgIpc) is 3.21. The Labute approximate surface area is 146 Å². The number of amides is 1. The molecule has 0 saturated carbocycles. The first-order valence-corrected chi connectivity index (χ1v) is 8.43. The standard InChI is InChI=1S/C18H22N4O3/c1-11(2)14-6-4-5-7-15(14)22-12(3)19-16(20-22)17(23)21-9-8-13(10-21)18(24)25/h4-7,11,13H,8-10H2,1-3H3,(H,24,25). The van der Waals surface area contributed by atoms with E-state index in [-0.39, 0.29) is 18.3 Å². The van der Waals surface area contributed by atoms with Crippen LogP contribution in [0.1, 0.15) is 48.2 Å². The Hall–Kier alpha value is -2.70. The van der Waals surface area contributed by atoms with Crippen LogP contribution in [0.15, 0.2) is 24.3 Å². The molecule has 1 fully saturated rings. The SMILES string of the molecule is Cc1nc(C(=O)N2CCC(C(=O)O)C2)nn1-c1ccccc1C(C)C. The van der Waals surface area contributed by atoms with Crippen molar-refractivity contribution < 1.29 is 14.7 Å². The number of carbonyl (C=O) groups is 2. The van der Waals surface area contributed by atoms with Crippen molar-refractivity contribution in [2.75, 3.05) is 13.1 Å². The molecule has 0 aliphatic carbocycles. The predicted octanol–water partition coefficient (Wildman–Crippen LogP) is 2.25. The van der Waals surface area contributed by atoms with E-state index in [9.17, 15) is 9.59 Å². The van der Waals surface area contributed by atoms with Gasteiger partial charge in [0.25, 0.3) is 5.91 Å². The minimum atomic E-state index is -0.865. The lowest BCUT2D eigenvalue weighted by atomic mass is 10.0. The second-order valence-electron chi connectivity index (χ2n) is 6.68. The molecular weight excluding hydrogens is 320 g/mol. The van der Waals surface area contributed by atoms with Crippen LogP contribution in [0.4, 0.5) is 0 Å². The van der Waals surface area contributed by atoms with E-state index in [1.807, 2.05) is 31.2 Å². The van der Waals surface area contributed by atoms with Crippen molar-refractivity contribution in [1.82, 2.24) is 19.7 Å². The Balaban J connectivity index is 1.89. The van der Waals surface area contributed by atoms with E-state index in [0.29, 0.717) is 24.7 Å². The third-order valence-electron chi connectivity index (χ3n) is 4.57. The summed E-state index contributed by atoms with van der Waals surface area (Å²) in [5, 5.41) is 13.5. The predicted molar refractivity (Wildman–Crippen MR) is 91.8 cm³/mol. The Kier molecular flexibility index (Phi) is 4.57. The molecule has 2 aromatic rings. The van der Waals surface area contributed by atoms with Crippen LogP contribution in [0, 0.1) is 12.8 Å². The van der Waals surface area contributed by atoms with Gasteiger partial charge in [0.05, 0.1) is 11.6 Å². The molecule has 1 atom stereocenters. The molecule has 132 valence electrons. The smallest absolute Gasteiger partial charge is 0.308 e. The van der Waals surface area contributed by atoms with E-state index in [1.165, 1.54) is 4.90 Å². The molecule has 1 aromatic heterocycles. The van der Waals surface area contributed by atoms with Crippen molar-refractivity contribution >= 4 is 11.9 Å². The number of rotatable bonds is 4. The number of hydrogen-bond donors (Lipinski definition) is 1. The number of likely N-dealkylation sites (tertiary alicyclic amines) is 1. The summed E-state index contributed by atoms with van der Waals surface area (Å²) in [5.41, 5.74) is 2.04. The normalized spacial score (nSPS) is 17.3. The largest absolute Gasteiger partial charge is 0.481 e. The topological polar surface area (TPSA) is 88.3 Å². The van der Waals surface area contributed by atoms with E-state index in [1.54, 1.807) is 4.68 Å². The summed E-state index contributed by atoms with van der Waals surface area (Å²) in [4.78, 5) is 29.5. The van der Waals surface area contributed by atoms with Crippen LogP contribution in [0.3, 0.4) is 0 Å². The molecule has 1 saturated heterocycles. The van der Waals surface area contributed by atoms with Gasteiger partial charge < -0.3 is 10.0 Å². The Morgan fingerprint density at radius 3 is 2.64 bits per heavy atom. The number of hydrogen-bond acceptors (Lipinski definition) is 4. The fourth-order valence-electron chi connectivity index (χ4n) is 3.17. The first kappa shape index (κ1) is 17.1. The summed E-state index contributed by atoms with van der Waals surface area (Å²) in [6, 6.07) is 7.91. The molecule has 1 aliphatic rings. The van der Waals surface area contributed by atoms with Crippen molar-refractivity contribution in [1.29, 1.82) is 0 Å². The maximum absolute atomic E-state index is 12.6. The number of carbonyl (C=O) groups excluding carboxylic acids is 1. The molecule has 0 bridgehead atoms. The van der Waals surface area contributed by atoms with E-state index >= 15 is 0 Å². The summed E-state index contributed by atoms with van der Waals surface area (Å²) in [5.74, 6) is -0.626. The fraction of sp³-hybridized carbons (Fsp3) is 0.444. The molecule has 25 heavy (non-hydrogen) atoms. The summed E-state index contributed by atoms with van der Waals surface area (Å²) in [7, 11) is 0. The van der Waals surface area contributed by atoms with Crippen LogP contribution in [0.25, 0.3) is 5.69 Å². The van der Waals surface area contributed by atoms with E-state index < -0.39 is 11.9 Å². The van der Waals surface area contributed by atoms with Gasteiger partial charge in [-0.2, -0.15) is 0 Å². The molecule has 1 amide bonds.